The molecule has 2 aliphatic heterocycles. The molecule has 7 heterocycles. The molecule has 0 unspecified atom stereocenters. The monoisotopic (exact) mass is 925 g/mol. The van der Waals surface area contributed by atoms with Crippen molar-refractivity contribution in [2.24, 2.45) is 0 Å². The van der Waals surface area contributed by atoms with Crippen LogP contribution in [-0.4, -0.2) is 95.5 Å². The molecule has 2 fully saturated rings. The summed E-state index contributed by atoms with van der Waals surface area (Å²) in [6.45, 7) is 29.7. The van der Waals surface area contributed by atoms with Crippen molar-refractivity contribution in [2.45, 2.75) is 147 Å². The Balaban J connectivity index is 1.30. The van der Waals surface area contributed by atoms with Crippen molar-refractivity contribution in [3.05, 3.63) is 35.5 Å². The van der Waals surface area contributed by atoms with Gasteiger partial charge in [0.25, 0.3) is 0 Å². The molecule has 62 heavy (non-hydrogen) atoms. The Morgan fingerprint density at radius 2 is 1.69 bits per heavy atom. The molecule has 0 N–H and O–H groups in total. The summed E-state index contributed by atoms with van der Waals surface area (Å²) in [4.78, 5) is 34.4. The molecule has 5 aromatic heterocycles. The van der Waals surface area contributed by atoms with Gasteiger partial charge in [0, 0.05) is 71.3 Å². The van der Waals surface area contributed by atoms with E-state index in [1.54, 1.807) is 34.4 Å². The Morgan fingerprint density at radius 3 is 2.32 bits per heavy atom. The zero-order chi connectivity index (χ0) is 44.5. The summed E-state index contributed by atoms with van der Waals surface area (Å²) in [5, 5.41) is 12.3. The quantitative estimate of drug-likeness (QED) is 0.0413. The standard InChI is InChI=1S/C47H63N7O3S3Si2/c1-28(2)62(29(3)4,30(5)6)20-17-31-26-59-37-22-36-35(23-49-53(36)27-56-19-21-61(11,12)13)39(38(31)37)41-42-34(16-18-48-41)40-43(50-45(58-10)51-44(40)60-42)52-24-32-14-15-33(25-52)54(32)46(55)57-47(7,8)9/h16,18,22-23,26,28-30,32-33H,14-15,19,21,24-25,27H2,1-13H3/t32-,33+. The van der Waals surface area contributed by atoms with Crippen LogP contribution in [0.1, 0.15) is 80.7 Å². The number of thioether (sulfide) groups is 1. The summed E-state index contributed by atoms with van der Waals surface area (Å²) in [5.41, 5.74) is 9.12. The number of carbonyl (C=O) groups excluding carboxylic acids is 1. The summed E-state index contributed by atoms with van der Waals surface area (Å²) < 4.78 is 16.4. The summed E-state index contributed by atoms with van der Waals surface area (Å²) in [5.74, 6) is 4.78. The van der Waals surface area contributed by atoms with Gasteiger partial charge in [-0.25, -0.2) is 19.4 Å². The summed E-state index contributed by atoms with van der Waals surface area (Å²) in [7, 11) is -3.27. The number of anilines is 1. The lowest BCUT2D eigenvalue weighted by Crippen LogP contribution is -2.57. The van der Waals surface area contributed by atoms with Crippen LogP contribution in [0.3, 0.4) is 0 Å². The van der Waals surface area contributed by atoms with Crippen molar-refractivity contribution in [3.63, 3.8) is 0 Å². The van der Waals surface area contributed by atoms with Gasteiger partial charge in [0.1, 0.15) is 31.1 Å². The second-order valence-electron chi connectivity index (χ2n) is 20.4. The van der Waals surface area contributed by atoms with Gasteiger partial charge in [-0.05, 0) is 74.7 Å². The number of amides is 1. The third-order valence-corrected chi connectivity index (χ3v) is 23.6. The topological polar surface area (TPSA) is 98.5 Å². The molecular formula is C47H63N7O3S3Si2. The molecule has 0 spiro atoms. The zero-order valence-corrected chi connectivity index (χ0v) is 43.3. The van der Waals surface area contributed by atoms with Crippen LogP contribution in [0.5, 0.6) is 0 Å². The van der Waals surface area contributed by atoms with Gasteiger partial charge in [-0.1, -0.05) is 78.9 Å². The van der Waals surface area contributed by atoms with Gasteiger partial charge in [0.15, 0.2) is 5.16 Å². The van der Waals surface area contributed by atoms with Crippen molar-refractivity contribution in [1.82, 2.24) is 29.6 Å². The molecule has 15 heteroatoms. The number of fused-ring (bicyclic) bond motifs is 7. The highest BCUT2D eigenvalue weighted by Gasteiger charge is 2.45. The second kappa shape index (κ2) is 17.1. The number of carbonyl (C=O) groups is 1. The fourth-order valence-corrected chi connectivity index (χ4v) is 18.5. The fourth-order valence-electron chi connectivity index (χ4n) is 10.1. The van der Waals surface area contributed by atoms with E-state index in [0.717, 1.165) is 94.6 Å². The lowest BCUT2D eigenvalue weighted by molar-refractivity contribution is 0.0123. The van der Waals surface area contributed by atoms with Crippen LogP contribution >= 0.6 is 34.4 Å². The van der Waals surface area contributed by atoms with Crippen LogP contribution in [0, 0.1) is 11.5 Å². The van der Waals surface area contributed by atoms with Crippen LogP contribution < -0.4 is 4.90 Å². The Kier molecular flexibility index (Phi) is 12.4. The molecule has 2 atom stereocenters. The number of ether oxygens (including phenoxy) is 2. The van der Waals surface area contributed by atoms with E-state index in [9.17, 15) is 4.79 Å². The first-order valence-electron chi connectivity index (χ1n) is 22.2. The number of pyridine rings is 1. The first kappa shape index (κ1) is 45.1. The lowest BCUT2D eigenvalue weighted by Gasteiger charge is -2.42. The Morgan fingerprint density at radius 1 is 1.00 bits per heavy atom. The lowest BCUT2D eigenvalue weighted by atomic mass is 9.98. The largest absolute Gasteiger partial charge is 0.444 e. The van der Waals surface area contributed by atoms with Gasteiger partial charge in [-0.3, -0.25) is 9.88 Å². The van der Waals surface area contributed by atoms with Gasteiger partial charge in [-0.2, -0.15) is 5.10 Å². The van der Waals surface area contributed by atoms with E-state index in [0.29, 0.717) is 36.4 Å². The molecule has 1 aromatic carbocycles. The van der Waals surface area contributed by atoms with Crippen LogP contribution in [0.15, 0.2) is 35.1 Å². The molecule has 8 rings (SSSR count). The van der Waals surface area contributed by atoms with Crippen molar-refractivity contribution < 1.29 is 14.3 Å². The maximum absolute atomic E-state index is 13.4. The number of nitrogens with zero attached hydrogens (tertiary/aromatic N) is 7. The molecule has 6 aromatic rings. The van der Waals surface area contributed by atoms with Crippen LogP contribution in [0.25, 0.3) is 52.5 Å². The SMILES string of the molecule is CSc1nc(N2C[C@H]3CC[C@@H](C2)N3C(=O)OC(C)(C)C)c2c(n1)sc1c(-c3c4cnn(COCC[Si](C)(C)C)c4cc4scc(C#C[Si](C(C)C)(C(C)C)C(C)C)c34)nccc12. The normalized spacial score (nSPS) is 17.5. The molecule has 0 aliphatic carbocycles. The van der Waals surface area contributed by atoms with Gasteiger partial charge < -0.3 is 14.4 Å². The molecule has 330 valence electrons. The first-order chi connectivity index (χ1) is 29.3. The highest BCUT2D eigenvalue weighted by Crippen LogP contribution is 2.48. The predicted octanol–water partition coefficient (Wildman–Crippen LogP) is 12.7. The van der Waals surface area contributed by atoms with E-state index in [1.807, 2.05) is 49.0 Å². The van der Waals surface area contributed by atoms with Gasteiger partial charge in [0.2, 0.25) is 0 Å². The third-order valence-electron chi connectivity index (χ3n) is 13.0. The van der Waals surface area contributed by atoms with Crippen molar-refractivity contribution in [3.8, 4) is 22.7 Å². The molecule has 0 saturated carbocycles. The molecule has 2 aliphatic rings. The smallest absolute Gasteiger partial charge is 0.410 e. The Bertz CT molecular complexity index is 2680. The number of hydrogen-bond acceptors (Lipinski definition) is 11. The molecule has 2 bridgehead atoms. The van der Waals surface area contributed by atoms with E-state index < -0.39 is 21.7 Å². The highest BCUT2D eigenvalue weighted by molar-refractivity contribution is 7.98. The number of rotatable bonds is 11. The highest BCUT2D eigenvalue weighted by atomic mass is 32.2. The zero-order valence-electron chi connectivity index (χ0n) is 38.8. The fraction of sp³-hybridized carbons (Fsp3) is 0.553. The summed E-state index contributed by atoms with van der Waals surface area (Å²) in [6, 6.07) is 5.62. The number of hydrogen-bond donors (Lipinski definition) is 0. The number of piperazine rings is 1. The third kappa shape index (κ3) is 8.33. The van der Waals surface area contributed by atoms with Crippen molar-refractivity contribution >= 4 is 104 Å². The van der Waals surface area contributed by atoms with Crippen molar-refractivity contribution in [2.75, 3.05) is 30.9 Å². The van der Waals surface area contributed by atoms with E-state index in [2.05, 4.69) is 95.1 Å². The minimum absolute atomic E-state index is 0.0532. The first-order valence-corrected chi connectivity index (χ1v) is 31.1. The van der Waals surface area contributed by atoms with E-state index in [4.69, 9.17) is 29.5 Å². The predicted molar refractivity (Wildman–Crippen MR) is 268 cm³/mol. The average molecular weight is 926 g/mol. The summed E-state index contributed by atoms with van der Waals surface area (Å²) >= 11 is 5.00. The number of thiophene rings is 2. The van der Waals surface area contributed by atoms with Crippen LogP contribution in [-0.2, 0) is 16.2 Å². The minimum atomic E-state index is -2.03. The Hall–Kier alpha value is -3.53. The average Bonchev–Trinajstić information content (AvgIpc) is 3.96. The maximum Gasteiger partial charge on any atom is 0.410 e. The van der Waals surface area contributed by atoms with Gasteiger partial charge in [-0.15, -0.1) is 28.2 Å². The van der Waals surface area contributed by atoms with E-state index >= 15 is 0 Å². The summed E-state index contributed by atoms with van der Waals surface area (Å²) in [6.07, 6.45) is 7.65. The molecule has 0 radical (unpaired) electrons. The number of aromatic nitrogens is 5. The van der Waals surface area contributed by atoms with Crippen molar-refractivity contribution in [1.29, 1.82) is 0 Å². The second-order valence-corrected chi connectivity index (χ2v) is 34.3. The van der Waals surface area contributed by atoms with E-state index in [-0.39, 0.29) is 18.2 Å². The van der Waals surface area contributed by atoms with Gasteiger partial charge in [0.05, 0.1) is 39.6 Å². The van der Waals surface area contributed by atoms with Crippen LogP contribution in [0.2, 0.25) is 42.3 Å². The van der Waals surface area contributed by atoms with Crippen LogP contribution in [0.4, 0.5) is 10.6 Å². The minimum Gasteiger partial charge on any atom is -0.444 e. The molecule has 1 amide bonds. The molecular weight excluding hydrogens is 863 g/mol. The van der Waals surface area contributed by atoms with E-state index in [1.165, 1.54) is 0 Å². The molecule has 2 saturated heterocycles. The maximum atomic E-state index is 13.4. The van der Waals surface area contributed by atoms with Gasteiger partial charge >= 0.3 is 6.09 Å². The molecule has 10 nitrogen and oxygen atoms in total. The number of benzene rings is 1. The Labute approximate surface area is 381 Å².